The van der Waals surface area contributed by atoms with Crippen molar-refractivity contribution in [2.24, 2.45) is 0 Å². The Bertz CT molecular complexity index is 851. The minimum absolute atomic E-state index is 0.0559. The molecule has 1 amide bonds. The third-order valence-corrected chi connectivity index (χ3v) is 6.29. The van der Waals surface area contributed by atoms with Gasteiger partial charge in [0, 0.05) is 42.8 Å². The molecule has 1 aliphatic carbocycles. The Balaban J connectivity index is 1.62. The van der Waals surface area contributed by atoms with E-state index in [1.54, 1.807) is 12.1 Å². The monoisotopic (exact) mass is 403 g/mol. The van der Waals surface area contributed by atoms with Crippen LogP contribution in [-0.4, -0.2) is 37.0 Å². The lowest BCUT2D eigenvalue weighted by atomic mass is 9.87. The summed E-state index contributed by atoms with van der Waals surface area (Å²) in [6.45, 7) is 3.93. The summed E-state index contributed by atoms with van der Waals surface area (Å²) in [5.74, 6) is 0.0559. The fraction of sp³-hybridized carbons (Fsp3) is 0.381. The summed E-state index contributed by atoms with van der Waals surface area (Å²) in [7, 11) is 0. The first-order valence-corrected chi connectivity index (χ1v) is 10.1. The zero-order valence-electron chi connectivity index (χ0n) is 15.1. The maximum Gasteiger partial charge on any atom is 0.245 e. The summed E-state index contributed by atoms with van der Waals surface area (Å²) in [5.41, 5.74) is 2.69. The van der Waals surface area contributed by atoms with E-state index in [4.69, 9.17) is 23.2 Å². The van der Waals surface area contributed by atoms with Crippen LogP contribution in [0.5, 0.6) is 0 Å². The largest absolute Gasteiger partial charge is 0.350 e. The summed E-state index contributed by atoms with van der Waals surface area (Å²) in [5, 5.41) is 7.71. The van der Waals surface area contributed by atoms with Gasteiger partial charge in [0.15, 0.2) is 0 Å². The molecular weight excluding hydrogens is 381 g/mol. The predicted octanol–water partition coefficient (Wildman–Crippen LogP) is 3.36. The van der Waals surface area contributed by atoms with Gasteiger partial charge in [-0.1, -0.05) is 53.5 Å². The molecule has 4 nitrogen and oxygen atoms in total. The van der Waals surface area contributed by atoms with Gasteiger partial charge in [-0.3, -0.25) is 9.69 Å². The molecule has 1 saturated heterocycles. The molecule has 27 heavy (non-hydrogen) atoms. The molecule has 2 aromatic carbocycles. The number of nitrogens with one attached hydrogen (secondary N) is 2. The normalized spacial score (nSPS) is 22.4. The van der Waals surface area contributed by atoms with Gasteiger partial charge in [-0.2, -0.15) is 0 Å². The van der Waals surface area contributed by atoms with E-state index in [0.29, 0.717) is 16.6 Å². The lowest BCUT2D eigenvalue weighted by Gasteiger charge is -2.43. The number of hydrogen-bond donors (Lipinski definition) is 2. The van der Waals surface area contributed by atoms with Crippen LogP contribution >= 0.6 is 23.2 Å². The fourth-order valence-corrected chi connectivity index (χ4v) is 4.81. The SMILES string of the molecule is O=C(NCc1ccc(Cl)cc1Cl)[C@]1(N2CCNCC2)CCc2ccccc21. The first kappa shape index (κ1) is 18.8. The molecule has 1 fully saturated rings. The van der Waals surface area contributed by atoms with E-state index in [9.17, 15) is 4.79 Å². The Kier molecular flexibility index (Phi) is 5.42. The smallest absolute Gasteiger partial charge is 0.245 e. The fourth-order valence-electron chi connectivity index (χ4n) is 4.33. The Morgan fingerprint density at radius 3 is 2.70 bits per heavy atom. The molecule has 6 heteroatoms. The Morgan fingerprint density at radius 2 is 1.93 bits per heavy atom. The highest BCUT2D eigenvalue weighted by atomic mass is 35.5. The van der Waals surface area contributed by atoms with Crippen LogP contribution in [0.25, 0.3) is 0 Å². The Labute approximate surface area is 169 Å². The van der Waals surface area contributed by atoms with E-state index < -0.39 is 5.54 Å². The standard InChI is InChI=1S/C21H23Cl2N3O/c22-17-6-5-16(19(23)13-17)14-25-20(27)21(26-11-9-24-10-12-26)8-7-15-3-1-2-4-18(15)21/h1-6,13,24H,7-12,14H2,(H,25,27)/t21-/m0/s1. The first-order chi connectivity index (χ1) is 13.1. The van der Waals surface area contributed by atoms with Gasteiger partial charge in [-0.25, -0.2) is 0 Å². The molecule has 0 unspecified atom stereocenters. The highest BCUT2D eigenvalue weighted by molar-refractivity contribution is 6.35. The number of nitrogens with zero attached hydrogens (tertiary/aromatic N) is 1. The minimum atomic E-state index is -0.600. The van der Waals surface area contributed by atoms with Crippen molar-refractivity contribution in [3.63, 3.8) is 0 Å². The molecule has 1 aliphatic heterocycles. The molecule has 4 rings (SSSR count). The molecule has 0 radical (unpaired) electrons. The van der Waals surface area contributed by atoms with Gasteiger partial charge in [0.1, 0.15) is 5.54 Å². The average molecular weight is 404 g/mol. The van der Waals surface area contributed by atoms with Gasteiger partial charge < -0.3 is 10.6 Å². The molecule has 1 heterocycles. The van der Waals surface area contributed by atoms with Gasteiger partial charge in [0.05, 0.1) is 0 Å². The van der Waals surface area contributed by atoms with E-state index >= 15 is 0 Å². The van der Waals surface area contributed by atoms with Gasteiger partial charge in [0.2, 0.25) is 5.91 Å². The third kappa shape index (κ3) is 3.47. The highest BCUT2D eigenvalue weighted by Crippen LogP contribution is 2.42. The van der Waals surface area contributed by atoms with E-state index in [-0.39, 0.29) is 5.91 Å². The van der Waals surface area contributed by atoms with Crippen LogP contribution in [0.3, 0.4) is 0 Å². The molecule has 142 valence electrons. The number of carbonyl (C=O) groups excluding carboxylic acids is 1. The quantitative estimate of drug-likeness (QED) is 0.822. The van der Waals surface area contributed by atoms with Gasteiger partial charge in [-0.05, 0) is 41.7 Å². The number of hydrogen-bond acceptors (Lipinski definition) is 3. The number of halogens is 2. The number of amides is 1. The Hall–Kier alpha value is -1.59. The van der Waals surface area contributed by atoms with Crippen LogP contribution in [0.4, 0.5) is 0 Å². The summed E-state index contributed by atoms with van der Waals surface area (Å²) in [4.78, 5) is 15.9. The number of piperazine rings is 1. The zero-order valence-corrected chi connectivity index (χ0v) is 16.6. The second kappa shape index (κ2) is 7.80. The average Bonchev–Trinajstić information content (AvgIpc) is 3.08. The summed E-state index contributed by atoms with van der Waals surface area (Å²) < 4.78 is 0. The van der Waals surface area contributed by atoms with Crippen LogP contribution in [0.1, 0.15) is 23.1 Å². The first-order valence-electron chi connectivity index (χ1n) is 9.37. The number of rotatable bonds is 4. The summed E-state index contributed by atoms with van der Waals surface area (Å²) in [6.07, 6.45) is 1.74. The topological polar surface area (TPSA) is 44.4 Å². The molecule has 2 N–H and O–H groups in total. The van der Waals surface area contributed by atoms with Crippen molar-refractivity contribution in [2.45, 2.75) is 24.9 Å². The van der Waals surface area contributed by atoms with Crippen LogP contribution < -0.4 is 10.6 Å². The molecule has 0 spiro atoms. The number of carbonyl (C=O) groups is 1. The van der Waals surface area contributed by atoms with E-state index in [1.807, 2.05) is 12.1 Å². The molecular formula is C21H23Cl2N3O. The van der Waals surface area contributed by atoms with Crippen molar-refractivity contribution in [3.05, 3.63) is 69.2 Å². The second-order valence-corrected chi connectivity index (χ2v) is 8.02. The van der Waals surface area contributed by atoms with E-state index in [2.05, 4.69) is 33.7 Å². The summed E-state index contributed by atoms with van der Waals surface area (Å²) >= 11 is 12.3. The van der Waals surface area contributed by atoms with Crippen molar-refractivity contribution in [2.75, 3.05) is 26.2 Å². The Morgan fingerprint density at radius 1 is 1.15 bits per heavy atom. The van der Waals surface area contributed by atoms with Gasteiger partial charge in [0.25, 0.3) is 0 Å². The van der Waals surface area contributed by atoms with Crippen molar-refractivity contribution in [3.8, 4) is 0 Å². The second-order valence-electron chi connectivity index (χ2n) is 7.17. The molecule has 2 aliphatic rings. The van der Waals surface area contributed by atoms with Crippen molar-refractivity contribution < 1.29 is 4.79 Å². The molecule has 1 atom stereocenters. The minimum Gasteiger partial charge on any atom is -0.350 e. The lowest BCUT2D eigenvalue weighted by molar-refractivity contribution is -0.135. The number of fused-ring (bicyclic) bond motifs is 1. The molecule has 0 aromatic heterocycles. The third-order valence-electron chi connectivity index (χ3n) is 5.71. The lowest BCUT2D eigenvalue weighted by Crippen LogP contribution is -2.60. The van der Waals surface area contributed by atoms with Gasteiger partial charge >= 0.3 is 0 Å². The molecule has 0 saturated carbocycles. The van der Waals surface area contributed by atoms with Crippen LogP contribution in [0.2, 0.25) is 10.0 Å². The maximum atomic E-state index is 13.5. The summed E-state index contributed by atoms with van der Waals surface area (Å²) in [6, 6.07) is 13.7. The molecule has 0 bridgehead atoms. The zero-order chi connectivity index (χ0) is 18.9. The van der Waals surface area contributed by atoms with Crippen molar-refractivity contribution in [1.29, 1.82) is 0 Å². The van der Waals surface area contributed by atoms with Gasteiger partial charge in [-0.15, -0.1) is 0 Å². The van der Waals surface area contributed by atoms with Crippen molar-refractivity contribution >= 4 is 29.1 Å². The van der Waals surface area contributed by atoms with E-state index in [1.165, 1.54) is 5.56 Å². The van der Waals surface area contributed by atoms with Crippen molar-refractivity contribution in [1.82, 2.24) is 15.5 Å². The highest BCUT2D eigenvalue weighted by Gasteiger charge is 2.49. The van der Waals surface area contributed by atoms with Crippen LogP contribution in [0.15, 0.2) is 42.5 Å². The number of benzene rings is 2. The van der Waals surface area contributed by atoms with Crippen LogP contribution in [-0.2, 0) is 23.3 Å². The van der Waals surface area contributed by atoms with Crippen LogP contribution in [0, 0.1) is 0 Å². The number of aryl methyl sites for hydroxylation is 1. The molecule has 2 aromatic rings. The maximum absolute atomic E-state index is 13.5. The van der Waals surface area contributed by atoms with E-state index in [0.717, 1.165) is 50.1 Å². The predicted molar refractivity (Wildman–Crippen MR) is 109 cm³/mol.